The van der Waals surface area contributed by atoms with E-state index in [1.165, 1.54) is 7.05 Å². The van der Waals surface area contributed by atoms with E-state index in [9.17, 15) is 14.7 Å². The Bertz CT molecular complexity index is 741. The van der Waals surface area contributed by atoms with Crippen molar-refractivity contribution in [1.29, 1.82) is 0 Å². The van der Waals surface area contributed by atoms with Gasteiger partial charge in [-0.2, -0.15) is 0 Å². The van der Waals surface area contributed by atoms with E-state index in [1.54, 1.807) is 24.3 Å². The molecule has 27 heavy (non-hydrogen) atoms. The average molecular weight is 370 g/mol. The molecule has 3 N–H and O–H groups in total. The molecule has 0 saturated heterocycles. The fraction of sp³-hybridized carbons (Fsp3) is 0.333. The summed E-state index contributed by atoms with van der Waals surface area (Å²) in [5.41, 5.74) is 1.59. The summed E-state index contributed by atoms with van der Waals surface area (Å²) < 4.78 is 5.60. The second kappa shape index (κ2) is 9.73. The van der Waals surface area contributed by atoms with Crippen molar-refractivity contribution in [2.45, 2.75) is 31.4 Å². The molecule has 3 rings (SSSR count). The lowest BCUT2D eigenvalue weighted by Crippen LogP contribution is -2.26. The zero-order valence-electron chi connectivity index (χ0n) is 15.5. The van der Waals surface area contributed by atoms with E-state index in [0.717, 1.165) is 18.4 Å². The molecule has 1 aliphatic heterocycles. The minimum atomic E-state index is -0.356. The van der Waals surface area contributed by atoms with Crippen molar-refractivity contribution in [2.75, 3.05) is 13.7 Å². The van der Waals surface area contributed by atoms with E-state index < -0.39 is 0 Å². The van der Waals surface area contributed by atoms with Crippen molar-refractivity contribution in [2.24, 2.45) is 0 Å². The first-order valence-electron chi connectivity index (χ1n) is 8.91. The third-order valence-corrected chi connectivity index (χ3v) is 4.13. The van der Waals surface area contributed by atoms with Gasteiger partial charge >= 0.3 is 0 Å². The molecular weight excluding hydrogens is 344 g/mol. The van der Waals surface area contributed by atoms with E-state index in [-0.39, 0.29) is 30.6 Å². The molecule has 0 unspecified atom stereocenters. The van der Waals surface area contributed by atoms with Crippen molar-refractivity contribution >= 4 is 11.8 Å². The summed E-state index contributed by atoms with van der Waals surface area (Å²) in [7, 11) is 1.53. The van der Waals surface area contributed by atoms with Gasteiger partial charge in [0.05, 0.1) is 12.2 Å². The summed E-state index contributed by atoms with van der Waals surface area (Å²) in [5.74, 6) is 0.000171. The van der Waals surface area contributed by atoms with Gasteiger partial charge < -0.3 is 20.5 Å². The Morgan fingerprint density at radius 1 is 1.22 bits per heavy atom. The SMILES string of the molecule is C=C/C=C\C=C.CNC(=O)c1cc(C(=O)NC2CC2)cc2c1O[C@H](CO)C2. The van der Waals surface area contributed by atoms with Crippen LogP contribution in [0.1, 0.15) is 39.1 Å². The van der Waals surface area contributed by atoms with Gasteiger partial charge in [-0.25, -0.2) is 0 Å². The van der Waals surface area contributed by atoms with Crippen molar-refractivity contribution in [1.82, 2.24) is 10.6 Å². The molecule has 0 aromatic heterocycles. The number of fused-ring (bicyclic) bond motifs is 1. The lowest BCUT2D eigenvalue weighted by atomic mass is 10.0. The molecule has 1 atom stereocenters. The fourth-order valence-electron chi connectivity index (χ4n) is 2.62. The van der Waals surface area contributed by atoms with E-state index in [0.29, 0.717) is 23.3 Å². The predicted molar refractivity (Wildman–Crippen MR) is 105 cm³/mol. The molecule has 1 aromatic carbocycles. The number of carbonyl (C=O) groups is 2. The van der Waals surface area contributed by atoms with Gasteiger partial charge in [0.15, 0.2) is 0 Å². The van der Waals surface area contributed by atoms with Gasteiger partial charge in [0, 0.05) is 25.1 Å². The summed E-state index contributed by atoms with van der Waals surface area (Å²) >= 11 is 0. The van der Waals surface area contributed by atoms with Crippen molar-refractivity contribution in [3.63, 3.8) is 0 Å². The van der Waals surface area contributed by atoms with Crippen LogP contribution in [0.2, 0.25) is 0 Å². The van der Waals surface area contributed by atoms with Crippen molar-refractivity contribution in [3.05, 3.63) is 66.3 Å². The van der Waals surface area contributed by atoms with Crippen LogP contribution in [-0.4, -0.2) is 42.7 Å². The van der Waals surface area contributed by atoms with E-state index in [1.807, 2.05) is 12.2 Å². The Morgan fingerprint density at radius 3 is 2.41 bits per heavy atom. The van der Waals surface area contributed by atoms with Crippen LogP contribution in [0.25, 0.3) is 0 Å². The molecule has 2 aliphatic rings. The number of benzene rings is 1. The molecule has 1 saturated carbocycles. The topological polar surface area (TPSA) is 87.7 Å². The molecule has 1 heterocycles. The summed E-state index contributed by atoms with van der Waals surface area (Å²) in [6, 6.07) is 3.56. The average Bonchev–Trinajstić information content (AvgIpc) is 3.40. The first kappa shape index (κ1) is 20.5. The van der Waals surface area contributed by atoms with Crippen LogP contribution < -0.4 is 15.4 Å². The highest BCUT2D eigenvalue weighted by Crippen LogP contribution is 2.34. The second-order valence-corrected chi connectivity index (χ2v) is 6.32. The number of ether oxygens (including phenoxy) is 1. The van der Waals surface area contributed by atoms with Crippen LogP contribution in [-0.2, 0) is 6.42 Å². The maximum Gasteiger partial charge on any atom is 0.254 e. The number of amides is 2. The first-order valence-corrected chi connectivity index (χ1v) is 8.91. The third-order valence-electron chi connectivity index (χ3n) is 4.13. The van der Waals surface area contributed by atoms with Gasteiger partial charge in [-0.1, -0.05) is 37.5 Å². The van der Waals surface area contributed by atoms with E-state index >= 15 is 0 Å². The van der Waals surface area contributed by atoms with Gasteiger partial charge in [0.1, 0.15) is 11.9 Å². The number of hydrogen-bond donors (Lipinski definition) is 3. The van der Waals surface area contributed by atoms with Crippen molar-refractivity contribution in [3.8, 4) is 5.75 Å². The zero-order valence-corrected chi connectivity index (χ0v) is 15.5. The van der Waals surface area contributed by atoms with Gasteiger partial charge in [0.25, 0.3) is 11.8 Å². The maximum atomic E-state index is 12.2. The van der Waals surface area contributed by atoms with Crippen LogP contribution in [0, 0.1) is 0 Å². The van der Waals surface area contributed by atoms with Crippen LogP contribution in [0.5, 0.6) is 5.75 Å². The standard InChI is InChI=1S/C15H18N2O4.C6H8/c1-16-15(20)12-6-9(14(19)17-10-2-3-10)4-8-5-11(7-18)21-13(8)12;1-3-5-6-4-2/h4,6,10-11,18H,2-3,5,7H2,1H3,(H,16,20)(H,17,19);3-6H,1-2H2/b;6-5-/t11-;/m0./s1. The fourth-order valence-corrected chi connectivity index (χ4v) is 2.62. The molecule has 0 radical (unpaired) electrons. The quantitative estimate of drug-likeness (QED) is 0.670. The molecule has 1 aromatic rings. The number of hydrogen-bond acceptors (Lipinski definition) is 4. The molecule has 2 amide bonds. The van der Waals surface area contributed by atoms with Gasteiger partial charge in [-0.05, 0) is 30.5 Å². The lowest BCUT2D eigenvalue weighted by Gasteiger charge is -2.11. The van der Waals surface area contributed by atoms with Gasteiger partial charge in [-0.15, -0.1) is 0 Å². The number of aliphatic hydroxyl groups excluding tert-OH is 1. The molecule has 6 nitrogen and oxygen atoms in total. The van der Waals surface area contributed by atoms with Crippen LogP contribution in [0.3, 0.4) is 0 Å². The minimum Gasteiger partial charge on any atom is -0.487 e. The number of allylic oxidation sites excluding steroid dienone is 4. The zero-order chi connectivity index (χ0) is 19.8. The number of nitrogens with one attached hydrogen (secondary N) is 2. The summed E-state index contributed by atoms with van der Waals surface area (Å²) in [6.07, 6.45) is 9.23. The second-order valence-electron chi connectivity index (χ2n) is 6.32. The highest BCUT2D eigenvalue weighted by Gasteiger charge is 2.30. The number of carbonyl (C=O) groups excluding carboxylic acids is 2. The maximum absolute atomic E-state index is 12.2. The smallest absolute Gasteiger partial charge is 0.254 e. The monoisotopic (exact) mass is 370 g/mol. The summed E-state index contributed by atoms with van der Waals surface area (Å²) in [4.78, 5) is 24.2. The number of aliphatic hydroxyl groups is 1. The molecule has 144 valence electrons. The van der Waals surface area contributed by atoms with Gasteiger partial charge in [-0.3, -0.25) is 9.59 Å². The Labute approximate surface area is 159 Å². The Morgan fingerprint density at radius 2 is 1.89 bits per heavy atom. The summed E-state index contributed by atoms with van der Waals surface area (Å²) in [6.45, 7) is 6.81. The Hall–Kier alpha value is -2.86. The lowest BCUT2D eigenvalue weighted by molar-refractivity contribution is 0.0950. The predicted octanol–water partition coefficient (Wildman–Crippen LogP) is 2.15. The van der Waals surface area contributed by atoms with Gasteiger partial charge in [0.2, 0.25) is 0 Å². The summed E-state index contributed by atoms with van der Waals surface area (Å²) in [5, 5.41) is 14.7. The van der Waals surface area contributed by atoms with E-state index in [2.05, 4.69) is 23.8 Å². The molecule has 6 heteroatoms. The molecule has 1 fully saturated rings. The van der Waals surface area contributed by atoms with Crippen LogP contribution in [0.4, 0.5) is 0 Å². The Kier molecular flexibility index (Phi) is 7.37. The Balaban J connectivity index is 0.000000380. The highest BCUT2D eigenvalue weighted by atomic mass is 16.5. The van der Waals surface area contributed by atoms with Crippen LogP contribution >= 0.6 is 0 Å². The molecule has 0 spiro atoms. The third kappa shape index (κ3) is 5.56. The molecule has 1 aliphatic carbocycles. The largest absolute Gasteiger partial charge is 0.487 e. The highest BCUT2D eigenvalue weighted by molar-refractivity contribution is 6.02. The van der Waals surface area contributed by atoms with Crippen LogP contribution in [0.15, 0.2) is 49.6 Å². The normalized spacial score (nSPS) is 17.2. The minimum absolute atomic E-state index is 0.120. The van der Waals surface area contributed by atoms with E-state index in [4.69, 9.17) is 4.74 Å². The first-order chi connectivity index (χ1) is 13.0. The number of rotatable bonds is 6. The molecular formula is C21H26N2O4. The molecule has 0 bridgehead atoms. The van der Waals surface area contributed by atoms with Crippen molar-refractivity contribution < 1.29 is 19.4 Å².